The van der Waals surface area contributed by atoms with Gasteiger partial charge in [0.15, 0.2) is 18.1 Å². The molecule has 1 aliphatic heterocycles. The molecular weight excluding hydrogens is 366 g/mol. The molecule has 0 saturated heterocycles. The van der Waals surface area contributed by atoms with Gasteiger partial charge in [-0.05, 0) is 30.2 Å². The molecule has 0 atom stereocenters. The number of nitrogens with one attached hydrogen (secondary N) is 1. The molecule has 0 bridgehead atoms. The molecule has 2 aromatic rings. The summed E-state index contributed by atoms with van der Waals surface area (Å²) in [6, 6.07) is 13.6. The van der Waals surface area contributed by atoms with Crippen LogP contribution in [0.5, 0.6) is 11.5 Å². The first-order valence-corrected chi connectivity index (χ1v) is 9.70. The minimum Gasteiger partial charge on any atom is -0.455 e. The summed E-state index contributed by atoms with van der Waals surface area (Å²) in [5, 5.41) is 2.71. The van der Waals surface area contributed by atoms with Gasteiger partial charge in [0.05, 0.1) is 5.75 Å². The lowest BCUT2D eigenvalue weighted by Gasteiger charge is -2.07. The number of aryl methyl sites for hydroxylation is 1. The van der Waals surface area contributed by atoms with E-state index in [0.717, 1.165) is 16.9 Å². The Hall–Kier alpha value is -2.67. The predicted molar refractivity (Wildman–Crippen MR) is 103 cm³/mol. The average Bonchev–Trinajstić information content (AvgIpc) is 3.14. The van der Waals surface area contributed by atoms with Crippen molar-refractivity contribution in [3.05, 3.63) is 59.2 Å². The summed E-state index contributed by atoms with van der Waals surface area (Å²) in [6.45, 7) is 2.29. The number of amides is 1. The van der Waals surface area contributed by atoms with Crippen molar-refractivity contribution >= 4 is 23.6 Å². The first-order chi connectivity index (χ1) is 13.1. The Kier molecular flexibility index (Phi) is 6.59. The van der Waals surface area contributed by atoms with E-state index >= 15 is 0 Å². The maximum atomic E-state index is 11.8. The molecule has 3 rings (SSSR count). The second-order valence-electron chi connectivity index (χ2n) is 6.10. The standard InChI is InChI=1S/C20H21NO5S/c1-14-2-4-15(5-3-14)11-27-12-20(23)24-10-19(22)21-9-16-6-7-17-18(8-16)26-13-25-17/h2-8H,9-13H2,1H3,(H,21,22). The normalized spacial score (nSPS) is 11.9. The highest BCUT2D eigenvalue weighted by Gasteiger charge is 2.13. The molecule has 6 nitrogen and oxygen atoms in total. The summed E-state index contributed by atoms with van der Waals surface area (Å²) in [5.74, 6) is 1.56. The average molecular weight is 387 g/mol. The van der Waals surface area contributed by atoms with E-state index in [1.165, 1.54) is 17.3 Å². The molecule has 1 aliphatic rings. The lowest BCUT2D eigenvalue weighted by molar-refractivity contribution is -0.145. The van der Waals surface area contributed by atoms with Crippen LogP contribution in [0.4, 0.5) is 0 Å². The van der Waals surface area contributed by atoms with Crippen molar-refractivity contribution in [3.63, 3.8) is 0 Å². The van der Waals surface area contributed by atoms with Gasteiger partial charge in [-0.25, -0.2) is 0 Å². The third-order valence-electron chi connectivity index (χ3n) is 3.90. The van der Waals surface area contributed by atoms with E-state index in [4.69, 9.17) is 14.2 Å². The van der Waals surface area contributed by atoms with E-state index in [0.29, 0.717) is 18.0 Å². The molecule has 7 heteroatoms. The van der Waals surface area contributed by atoms with Crippen LogP contribution in [0.2, 0.25) is 0 Å². The summed E-state index contributed by atoms with van der Waals surface area (Å²) in [6.07, 6.45) is 0. The third kappa shape index (κ3) is 5.92. The van der Waals surface area contributed by atoms with E-state index in [1.807, 2.05) is 43.3 Å². The second kappa shape index (κ2) is 9.32. The first kappa shape index (κ1) is 19.1. The van der Waals surface area contributed by atoms with Crippen LogP contribution in [0.15, 0.2) is 42.5 Å². The van der Waals surface area contributed by atoms with E-state index < -0.39 is 5.97 Å². The van der Waals surface area contributed by atoms with Gasteiger partial charge in [-0.3, -0.25) is 9.59 Å². The van der Waals surface area contributed by atoms with Crippen LogP contribution >= 0.6 is 11.8 Å². The molecule has 142 valence electrons. The predicted octanol–water partition coefficient (Wildman–Crippen LogP) is 2.82. The third-order valence-corrected chi connectivity index (χ3v) is 4.88. The van der Waals surface area contributed by atoms with Gasteiger partial charge in [0.2, 0.25) is 6.79 Å². The van der Waals surface area contributed by atoms with Gasteiger partial charge in [0.1, 0.15) is 0 Å². The molecule has 1 amide bonds. The number of esters is 1. The van der Waals surface area contributed by atoms with Gasteiger partial charge in [0, 0.05) is 12.3 Å². The number of carbonyl (C=O) groups excluding carboxylic acids is 2. The molecule has 0 radical (unpaired) electrons. The number of benzene rings is 2. The maximum absolute atomic E-state index is 11.8. The van der Waals surface area contributed by atoms with Gasteiger partial charge < -0.3 is 19.5 Å². The first-order valence-electron chi connectivity index (χ1n) is 8.54. The molecule has 0 aromatic heterocycles. The Bertz CT molecular complexity index is 807. The molecule has 1 heterocycles. The number of hydrogen-bond acceptors (Lipinski definition) is 6. The minimum absolute atomic E-state index is 0.211. The van der Waals surface area contributed by atoms with Crippen molar-refractivity contribution in [1.29, 1.82) is 0 Å². The monoisotopic (exact) mass is 387 g/mol. The highest BCUT2D eigenvalue weighted by Crippen LogP contribution is 2.32. The van der Waals surface area contributed by atoms with Gasteiger partial charge in [0.25, 0.3) is 5.91 Å². The summed E-state index contributed by atoms with van der Waals surface area (Å²) in [5.41, 5.74) is 3.24. The number of ether oxygens (including phenoxy) is 3. The zero-order valence-corrected chi connectivity index (χ0v) is 15.8. The SMILES string of the molecule is Cc1ccc(CSCC(=O)OCC(=O)NCc2ccc3c(c2)OCO3)cc1. The summed E-state index contributed by atoms with van der Waals surface area (Å²) in [7, 11) is 0. The smallest absolute Gasteiger partial charge is 0.316 e. The van der Waals surface area contributed by atoms with Crippen molar-refractivity contribution in [2.45, 2.75) is 19.2 Å². The fraction of sp³-hybridized carbons (Fsp3) is 0.300. The van der Waals surface area contributed by atoms with E-state index in [1.54, 1.807) is 6.07 Å². The van der Waals surface area contributed by atoms with Crippen molar-refractivity contribution in [1.82, 2.24) is 5.32 Å². The van der Waals surface area contributed by atoms with Crippen LogP contribution < -0.4 is 14.8 Å². The molecule has 2 aromatic carbocycles. The molecule has 27 heavy (non-hydrogen) atoms. The zero-order valence-electron chi connectivity index (χ0n) is 15.0. The largest absolute Gasteiger partial charge is 0.455 e. The van der Waals surface area contributed by atoms with Gasteiger partial charge in [-0.2, -0.15) is 0 Å². The summed E-state index contributed by atoms with van der Waals surface area (Å²) < 4.78 is 15.5. The highest BCUT2D eigenvalue weighted by atomic mass is 32.2. The van der Waals surface area contributed by atoms with Gasteiger partial charge in [-0.15, -0.1) is 11.8 Å². The fourth-order valence-corrected chi connectivity index (χ4v) is 3.21. The van der Waals surface area contributed by atoms with Gasteiger partial charge >= 0.3 is 5.97 Å². The van der Waals surface area contributed by atoms with Crippen molar-refractivity contribution in [3.8, 4) is 11.5 Å². The van der Waals surface area contributed by atoms with Crippen molar-refractivity contribution in [2.75, 3.05) is 19.2 Å². The highest BCUT2D eigenvalue weighted by molar-refractivity contribution is 7.99. The minimum atomic E-state index is -0.398. The molecule has 0 fully saturated rings. The van der Waals surface area contributed by atoms with E-state index in [9.17, 15) is 9.59 Å². The summed E-state index contributed by atoms with van der Waals surface area (Å²) in [4.78, 5) is 23.6. The molecule has 0 unspecified atom stereocenters. The Morgan fingerprint density at radius 3 is 2.63 bits per heavy atom. The number of hydrogen-bond donors (Lipinski definition) is 1. The van der Waals surface area contributed by atoms with Crippen LogP contribution in [0, 0.1) is 6.92 Å². The van der Waals surface area contributed by atoms with Crippen molar-refractivity contribution in [2.24, 2.45) is 0 Å². The Balaban J connectivity index is 1.31. The molecule has 1 N–H and O–H groups in total. The zero-order chi connectivity index (χ0) is 19.1. The Morgan fingerprint density at radius 2 is 1.81 bits per heavy atom. The van der Waals surface area contributed by atoms with Crippen molar-refractivity contribution < 1.29 is 23.8 Å². The molecular formula is C20H21NO5S. The number of thioether (sulfide) groups is 1. The topological polar surface area (TPSA) is 73.9 Å². The van der Waals surface area contributed by atoms with Crippen LogP contribution in [0.3, 0.4) is 0 Å². The quantitative estimate of drug-likeness (QED) is 0.702. The van der Waals surface area contributed by atoms with E-state index in [2.05, 4.69) is 5.32 Å². The van der Waals surface area contributed by atoms with Crippen LogP contribution in [-0.2, 0) is 26.6 Å². The van der Waals surface area contributed by atoms with Crippen LogP contribution in [0.25, 0.3) is 0 Å². The lowest BCUT2D eigenvalue weighted by atomic mass is 10.2. The Morgan fingerprint density at radius 1 is 1.07 bits per heavy atom. The molecule has 0 saturated carbocycles. The maximum Gasteiger partial charge on any atom is 0.316 e. The van der Waals surface area contributed by atoms with Gasteiger partial charge in [-0.1, -0.05) is 35.9 Å². The molecule has 0 aliphatic carbocycles. The summed E-state index contributed by atoms with van der Waals surface area (Å²) >= 11 is 1.46. The fourth-order valence-electron chi connectivity index (χ4n) is 2.43. The molecule has 0 spiro atoms. The van der Waals surface area contributed by atoms with E-state index in [-0.39, 0.29) is 25.1 Å². The second-order valence-corrected chi connectivity index (χ2v) is 7.09. The Labute approximate surface area is 162 Å². The number of rotatable bonds is 8. The lowest BCUT2D eigenvalue weighted by Crippen LogP contribution is -2.28. The number of fused-ring (bicyclic) bond motifs is 1. The van der Waals surface area contributed by atoms with Crippen LogP contribution in [0.1, 0.15) is 16.7 Å². The number of carbonyl (C=O) groups is 2. The van der Waals surface area contributed by atoms with Crippen LogP contribution in [-0.4, -0.2) is 31.0 Å².